The Balaban J connectivity index is 1.57. The fraction of sp³-hybridized carbons (Fsp3) is 0.167. The van der Waals surface area contributed by atoms with Crippen LogP contribution in [-0.4, -0.2) is 26.9 Å². The summed E-state index contributed by atoms with van der Waals surface area (Å²) in [4.78, 5) is 24.1. The lowest BCUT2D eigenvalue weighted by Crippen LogP contribution is -2.39. The number of rotatable bonds is 7. The van der Waals surface area contributed by atoms with Gasteiger partial charge in [0.05, 0.1) is 16.9 Å². The minimum atomic E-state index is -0.446. The van der Waals surface area contributed by atoms with Crippen LogP contribution in [0.25, 0.3) is 6.08 Å². The summed E-state index contributed by atoms with van der Waals surface area (Å²) in [6, 6.07) is 13.6. The predicted octanol–water partition coefficient (Wildman–Crippen LogP) is 5.90. The number of benzene rings is 2. The molecule has 1 aromatic heterocycles. The lowest BCUT2D eigenvalue weighted by molar-refractivity contribution is -0.384. The molecule has 0 saturated carbocycles. The van der Waals surface area contributed by atoms with Crippen molar-refractivity contribution in [1.29, 1.82) is 0 Å². The first-order valence-electron chi connectivity index (χ1n) is 10.4. The second-order valence-corrected chi connectivity index (χ2v) is 10.2. The van der Waals surface area contributed by atoms with Crippen LogP contribution in [0.2, 0.25) is 0 Å². The van der Waals surface area contributed by atoms with Gasteiger partial charge in [0.1, 0.15) is 6.61 Å². The summed E-state index contributed by atoms with van der Waals surface area (Å²) in [6.45, 7) is 4.05. The van der Waals surface area contributed by atoms with Gasteiger partial charge in [0.15, 0.2) is 15.8 Å². The summed E-state index contributed by atoms with van der Waals surface area (Å²) in [6.07, 6.45) is 1.76. The highest BCUT2D eigenvalue weighted by atomic mass is 79.9. The van der Waals surface area contributed by atoms with Gasteiger partial charge in [0.25, 0.3) is 11.6 Å². The Morgan fingerprint density at radius 2 is 1.77 bits per heavy atom. The molecule has 0 atom stereocenters. The molecule has 2 heterocycles. The highest BCUT2D eigenvalue weighted by molar-refractivity contribution is 9.10. The van der Waals surface area contributed by atoms with Crippen molar-refractivity contribution in [3.8, 4) is 11.5 Å². The number of thiocarbonyl (C=S) groups is 1. The Kier molecular flexibility index (Phi) is 7.29. The molecular weight excluding hydrogens is 554 g/mol. The van der Waals surface area contributed by atoms with Crippen LogP contribution < -0.4 is 14.5 Å². The Hall–Kier alpha value is -3.15. The number of hydrogen-bond donors (Lipinski definition) is 0. The maximum Gasteiger partial charge on any atom is 0.285 e. The van der Waals surface area contributed by atoms with E-state index >= 15 is 0 Å². The summed E-state index contributed by atoms with van der Waals surface area (Å²) >= 11 is 10.3. The molecule has 2 aromatic carbocycles. The molecule has 1 fully saturated rings. The average molecular weight is 574 g/mol. The molecule has 35 heavy (non-hydrogen) atoms. The van der Waals surface area contributed by atoms with Gasteiger partial charge in [-0.15, -0.1) is 0 Å². The molecule has 8 nitrogen and oxygen atoms in total. The summed E-state index contributed by atoms with van der Waals surface area (Å²) in [7, 11) is 1.53. The monoisotopic (exact) mass is 573 g/mol. The van der Waals surface area contributed by atoms with Gasteiger partial charge in [-0.3, -0.25) is 19.6 Å². The molecule has 1 saturated heterocycles. The molecule has 3 aromatic rings. The normalized spacial score (nSPS) is 14.6. The molecule has 0 bridgehead atoms. The van der Waals surface area contributed by atoms with Crippen molar-refractivity contribution in [2.45, 2.75) is 20.5 Å². The van der Waals surface area contributed by atoms with Crippen LogP contribution in [-0.2, 0) is 11.4 Å². The molecule has 11 heteroatoms. The Morgan fingerprint density at radius 3 is 2.37 bits per heavy atom. The van der Waals surface area contributed by atoms with Crippen molar-refractivity contribution in [3.05, 3.63) is 90.5 Å². The number of nitrogens with zero attached hydrogens (tertiary/aromatic N) is 3. The summed E-state index contributed by atoms with van der Waals surface area (Å²) in [5.74, 6) is 0.765. The quantitative estimate of drug-likeness (QED) is 0.150. The molecule has 1 aliphatic rings. The number of carbonyl (C=O) groups is 1. The van der Waals surface area contributed by atoms with Crippen LogP contribution in [0.3, 0.4) is 0 Å². The maximum atomic E-state index is 13.2. The van der Waals surface area contributed by atoms with Crippen molar-refractivity contribution in [2.75, 3.05) is 12.1 Å². The minimum Gasteiger partial charge on any atom is -0.493 e. The molecule has 1 aliphatic heterocycles. The number of methoxy groups -OCH3 is 1. The Morgan fingerprint density at radius 1 is 1.11 bits per heavy atom. The van der Waals surface area contributed by atoms with E-state index in [-0.39, 0.29) is 18.2 Å². The van der Waals surface area contributed by atoms with Crippen LogP contribution in [0.15, 0.2) is 57.9 Å². The third-order valence-electron chi connectivity index (χ3n) is 5.32. The third kappa shape index (κ3) is 5.12. The second-order valence-electron chi connectivity index (χ2n) is 7.66. The third-order valence-corrected chi connectivity index (χ3v) is 7.29. The van der Waals surface area contributed by atoms with Crippen molar-refractivity contribution in [1.82, 2.24) is 4.68 Å². The van der Waals surface area contributed by atoms with E-state index in [0.717, 1.165) is 22.5 Å². The highest BCUT2D eigenvalue weighted by Gasteiger charge is 2.35. The van der Waals surface area contributed by atoms with Crippen LogP contribution in [0.1, 0.15) is 22.5 Å². The van der Waals surface area contributed by atoms with Crippen LogP contribution in [0.4, 0.5) is 5.69 Å². The highest BCUT2D eigenvalue weighted by Crippen LogP contribution is 2.38. The number of hydrogen-bond acceptors (Lipinski definition) is 7. The number of nitro benzene ring substituents is 1. The summed E-state index contributed by atoms with van der Waals surface area (Å²) in [5.41, 5.74) is 3.35. The number of aryl methyl sites for hydroxylation is 2. The van der Waals surface area contributed by atoms with Crippen LogP contribution >= 0.6 is 39.9 Å². The number of non-ortho nitro benzene ring substituents is 1. The first kappa shape index (κ1) is 25.0. The van der Waals surface area contributed by atoms with E-state index in [1.165, 1.54) is 36.0 Å². The molecule has 0 aliphatic carbocycles. The van der Waals surface area contributed by atoms with E-state index in [1.807, 2.05) is 30.7 Å². The van der Waals surface area contributed by atoms with Crippen molar-refractivity contribution in [2.24, 2.45) is 0 Å². The van der Waals surface area contributed by atoms with Gasteiger partial charge in [-0.05, 0) is 79.7 Å². The molecule has 0 unspecified atom stereocenters. The number of nitro groups is 1. The zero-order chi connectivity index (χ0) is 25.3. The maximum absolute atomic E-state index is 13.2. The van der Waals surface area contributed by atoms with E-state index < -0.39 is 4.92 Å². The number of ether oxygens (including phenoxy) is 2. The van der Waals surface area contributed by atoms with Gasteiger partial charge >= 0.3 is 0 Å². The largest absolute Gasteiger partial charge is 0.493 e. The predicted molar refractivity (Wildman–Crippen MR) is 143 cm³/mol. The van der Waals surface area contributed by atoms with E-state index in [2.05, 4.69) is 15.9 Å². The lowest BCUT2D eigenvalue weighted by atomic mass is 10.1. The van der Waals surface area contributed by atoms with Crippen LogP contribution in [0.5, 0.6) is 11.5 Å². The van der Waals surface area contributed by atoms with Crippen LogP contribution in [0, 0.1) is 24.0 Å². The molecule has 0 radical (unpaired) electrons. The van der Waals surface area contributed by atoms with Gasteiger partial charge < -0.3 is 9.47 Å². The molecule has 4 rings (SSSR count). The van der Waals surface area contributed by atoms with E-state index in [0.29, 0.717) is 25.2 Å². The fourth-order valence-corrected chi connectivity index (χ4v) is 5.23. The lowest BCUT2D eigenvalue weighted by Gasteiger charge is -2.20. The molecule has 0 spiro atoms. The zero-order valence-electron chi connectivity index (χ0n) is 19.0. The number of halogens is 1. The number of thioether (sulfide) groups is 1. The van der Waals surface area contributed by atoms with Gasteiger partial charge in [-0.1, -0.05) is 27.7 Å². The molecular formula is C24H20BrN3O5S2. The number of aromatic nitrogens is 1. The first-order chi connectivity index (χ1) is 16.7. The topological polar surface area (TPSA) is 86.8 Å². The van der Waals surface area contributed by atoms with E-state index in [9.17, 15) is 14.9 Å². The SMILES string of the molecule is COc1cc(/C=C2/SC(=S)N(n3c(C)ccc3C)C2=O)c(Br)cc1OCc1ccc([N+](=O)[O-])cc1. The number of carbonyl (C=O) groups excluding carboxylic acids is 1. The van der Waals surface area contributed by atoms with Gasteiger partial charge in [-0.25, -0.2) is 0 Å². The molecule has 1 amide bonds. The van der Waals surface area contributed by atoms with Crippen molar-refractivity contribution >= 4 is 61.9 Å². The number of amides is 1. The van der Waals surface area contributed by atoms with E-state index in [1.54, 1.807) is 30.3 Å². The van der Waals surface area contributed by atoms with Gasteiger partial charge in [0.2, 0.25) is 0 Å². The Labute approximate surface area is 219 Å². The molecule has 0 N–H and O–H groups in total. The fourth-order valence-electron chi connectivity index (χ4n) is 3.56. The smallest absolute Gasteiger partial charge is 0.285 e. The first-order valence-corrected chi connectivity index (χ1v) is 12.4. The molecule has 180 valence electrons. The van der Waals surface area contributed by atoms with Gasteiger partial charge in [0, 0.05) is 28.0 Å². The summed E-state index contributed by atoms with van der Waals surface area (Å²) in [5, 5.41) is 12.3. The van der Waals surface area contributed by atoms with E-state index in [4.69, 9.17) is 21.7 Å². The van der Waals surface area contributed by atoms with Crippen molar-refractivity contribution < 1.29 is 19.2 Å². The minimum absolute atomic E-state index is 0.0194. The standard InChI is InChI=1S/C24H20BrN3O5S2/c1-14-4-5-15(2)26(14)27-23(29)22(35-24(27)34)11-17-10-20(32-3)21(12-19(17)25)33-13-16-6-8-18(9-7-16)28(30)31/h4-12H,13H2,1-3H3/b22-11+. The van der Waals surface area contributed by atoms with Gasteiger partial charge in [-0.2, -0.15) is 5.01 Å². The van der Waals surface area contributed by atoms with Crippen molar-refractivity contribution in [3.63, 3.8) is 0 Å². The zero-order valence-corrected chi connectivity index (χ0v) is 22.2. The second kappa shape index (κ2) is 10.2. The summed E-state index contributed by atoms with van der Waals surface area (Å²) < 4.78 is 14.4. The average Bonchev–Trinajstić information content (AvgIpc) is 3.30. The Bertz CT molecular complexity index is 1350.